The van der Waals surface area contributed by atoms with Gasteiger partial charge in [-0.3, -0.25) is 19.2 Å². The van der Waals surface area contributed by atoms with Crippen LogP contribution < -0.4 is 10.6 Å². The number of nitrogens with one attached hydrogen (secondary N) is 2. The van der Waals surface area contributed by atoms with Crippen LogP contribution in [0.4, 0.5) is 11.4 Å². The Kier molecular flexibility index (Phi) is 8.54. The molecule has 2 aliphatic rings. The van der Waals surface area contributed by atoms with Crippen molar-refractivity contribution in [2.24, 2.45) is 0 Å². The van der Waals surface area contributed by atoms with Crippen molar-refractivity contribution in [3.8, 4) is 0 Å². The zero-order valence-electron chi connectivity index (χ0n) is 22.5. The van der Waals surface area contributed by atoms with Crippen molar-refractivity contribution in [1.29, 1.82) is 0 Å². The Morgan fingerprint density at radius 3 is 1.20 bits per heavy atom. The number of carbonyl (C=O) groups excluding carboxylic acids is 4. The van der Waals surface area contributed by atoms with Gasteiger partial charge in [0.15, 0.2) is 0 Å². The summed E-state index contributed by atoms with van der Waals surface area (Å²) in [6, 6.07) is 20.3. The second kappa shape index (κ2) is 12.6. The van der Waals surface area contributed by atoms with Crippen molar-refractivity contribution < 1.29 is 19.2 Å². The van der Waals surface area contributed by atoms with Gasteiger partial charge in [-0.1, -0.05) is 24.3 Å². The van der Waals surface area contributed by atoms with E-state index in [2.05, 4.69) is 10.6 Å². The highest BCUT2D eigenvalue weighted by molar-refractivity contribution is 6.11. The molecule has 2 N–H and O–H groups in total. The zero-order chi connectivity index (χ0) is 27.9. The Hall–Kier alpha value is -4.46. The fraction of sp³-hybridized carbons (Fsp3) is 0.312. The van der Waals surface area contributed by atoms with E-state index < -0.39 is 0 Å². The van der Waals surface area contributed by atoms with Crippen LogP contribution in [0.1, 0.15) is 80.0 Å². The second-order valence-electron chi connectivity index (χ2n) is 10.3. The van der Waals surface area contributed by atoms with Crippen LogP contribution in [0.25, 0.3) is 0 Å². The molecule has 3 aromatic carbocycles. The fourth-order valence-electron chi connectivity index (χ4n) is 5.25. The van der Waals surface area contributed by atoms with Gasteiger partial charge in [-0.2, -0.15) is 0 Å². The molecule has 0 saturated carbocycles. The third-order valence-corrected chi connectivity index (χ3v) is 7.51. The van der Waals surface area contributed by atoms with Gasteiger partial charge < -0.3 is 20.4 Å². The van der Waals surface area contributed by atoms with Gasteiger partial charge in [0.25, 0.3) is 23.6 Å². The number of para-hydroxylation sites is 2. The van der Waals surface area contributed by atoms with Crippen LogP contribution in [0.2, 0.25) is 0 Å². The van der Waals surface area contributed by atoms with Gasteiger partial charge in [0.05, 0.1) is 22.5 Å². The van der Waals surface area contributed by atoms with Crippen LogP contribution in [0.5, 0.6) is 0 Å². The van der Waals surface area contributed by atoms with E-state index in [0.717, 1.165) is 64.7 Å². The molecule has 2 saturated heterocycles. The minimum absolute atomic E-state index is 0.0818. The van der Waals surface area contributed by atoms with Crippen LogP contribution in [0.15, 0.2) is 72.8 Å². The highest BCUT2D eigenvalue weighted by atomic mass is 16.2. The van der Waals surface area contributed by atoms with Crippen LogP contribution in [-0.4, -0.2) is 59.6 Å². The summed E-state index contributed by atoms with van der Waals surface area (Å²) >= 11 is 0. The molecule has 2 aliphatic heterocycles. The third-order valence-electron chi connectivity index (χ3n) is 7.51. The summed E-state index contributed by atoms with van der Waals surface area (Å²) in [6.07, 6.45) is 6.20. The molecule has 0 unspecified atom stereocenters. The summed E-state index contributed by atoms with van der Waals surface area (Å²) in [5, 5.41) is 5.71. The van der Waals surface area contributed by atoms with E-state index in [-0.39, 0.29) is 23.6 Å². The first-order valence-electron chi connectivity index (χ1n) is 14.0. The van der Waals surface area contributed by atoms with Crippen molar-refractivity contribution in [3.05, 3.63) is 95.1 Å². The maximum atomic E-state index is 13.1. The number of amides is 4. The molecule has 206 valence electrons. The molecular formula is C32H34N4O4. The lowest BCUT2D eigenvalue weighted by Gasteiger charge is -2.27. The molecule has 3 aromatic rings. The second-order valence-corrected chi connectivity index (χ2v) is 10.3. The van der Waals surface area contributed by atoms with E-state index in [1.165, 1.54) is 0 Å². The smallest absolute Gasteiger partial charge is 0.255 e. The standard InChI is InChI=1S/C32H34N4O4/c37-29(33-27-13-5-3-11-25(27)31(39)35-19-7-1-8-20-35)23-15-17-24(18-16-23)30(38)34-28-14-6-4-12-26(28)32(40)36-21-9-2-10-22-36/h3-6,11-18H,1-2,7-10,19-22H2,(H,33,37)(H,34,38). The van der Waals surface area contributed by atoms with E-state index >= 15 is 0 Å². The van der Waals surface area contributed by atoms with Gasteiger partial charge >= 0.3 is 0 Å². The Morgan fingerprint density at radius 2 is 0.825 bits per heavy atom. The number of hydrogen-bond acceptors (Lipinski definition) is 4. The van der Waals surface area contributed by atoms with Gasteiger partial charge in [0, 0.05) is 37.3 Å². The molecule has 4 amide bonds. The van der Waals surface area contributed by atoms with Crippen LogP contribution >= 0.6 is 0 Å². The van der Waals surface area contributed by atoms with E-state index in [1.54, 1.807) is 72.8 Å². The summed E-state index contributed by atoms with van der Waals surface area (Å²) in [5.74, 6) is -0.907. The van der Waals surface area contributed by atoms with Gasteiger partial charge in [-0.05, 0) is 87.1 Å². The normalized spacial score (nSPS) is 15.3. The lowest BCUT2D eigenvalue weighted by molar-refractivity contribution is 0.0717. The van der Waals surface area contributed by atoms with E-state index in [0.29, 0.717) is 33.6 Å². The van der Waals surface area contributed by atoms with Gasteiger partial charge in [-0.15, -0.1) is 0 Å². The first-order valence-corrected chi connectivity index (χ1v) is 14.0. The van der Waals surface area contributed by atoms with Crippen molar-refractivity contribution in [2.45, 2.75) is 38.5 Å². The molecule has 8 nitrogen and oxygen atoms in total. The Balaban J connectivity index is 1.25. The SMILES string of the molecule is O=C(Nc1ccccc1C(=O)N1CCCCC1)c1ccc(C(=O)Nc2ccccc2C(=O)N2CCCCC2)cc1. The van der Waals surface area contributed by atoms with Crippen molar-refractivity contribution in [2.75, 3.05) is 36.8 Å². The first-order chi connectivity index (χ1) is 19.5. The number of benzene rings is 3. The number of anilines is 2. The van der Waals surface area contributed by atoms with Gasteiger partial charge in [0.2, 0.25) is 0 Å². The monoisotopic (exact) mass is 538 g/mol. The topological polar surface area (TPSA) is 98.8 Å². The molecule has 0 aromatic heterocycles. The van der Waals surface area contributed by atoms with Gasteiger partial charge in [0.1, 0.15) is 0 Å². The molecular weight excluding hydrogens is 504 g/mol. The molecule has 0 atom stereocenters. The number of hydrogen-bond donors (Lipinski definition) is 2. The molecule has 2 heterocycles. The largest absolute Gasteiger partial charge is 0.339 e. The molecule has 0 aliphatic carbocycles. The summed E-state index contributed by atoms with van der Waals surface area (Å²) in [7, 11) is 0. The predicted octanol–water partition coefficient (Wildman–Crippen LogP) is 5.44. The quantitative estimate of drug-likeness (QED) is 0.436. The van der Waals surface area contributed by atoms with Crippen molar-refractivity contribution >= 4 is 35.0 Å². The van der Waals surface area contributed by atoms with Gasteiger partial charge in [-0.25, -0.2) is 0 Å². The highest BCUT2D eigenvalue weighted by Crippen LogP contribution is 2.23. The maximum absolute atomic E-state index is 13.1. The van der Waals surface area contributed by atoms with E-state index in [4.69, 9.17) is 0 Å². The molecule has 0 radical (unpaired) electrons. The highest BCUT2D eigenvalue weighted by Gasteiger charge is 2.23. The molecule has 2 fully saturated rings. The summed E-state index contributed by atoms with van der Waals surface area (Å²) in [6.45, 7) is 2.89. The Morgan fingerprint density at radius 1 is 0.475 bits per heavy atom. The number of likely N-dealkylation sites (tertiary alicyclic amines) is 2. The average molecular weight is 539 g/mol. The van der Waals surface area contributed by atoms with Crippen molar-refractivity contribution in [3.63, 3.8) is 0 Å². The molecule has 8 heteroatoms. The van der Waals surface area contributed by atoms with Crippen molar-refractivity contribution in [1.82, 2.24) is 9.80 Å². The summed E-state index contributed by atoms with van der Waals surface area (Å²) in [4.78, 5) is 55.9. The number of carbonyl (C=O) groups is 4. The Labute approximate surface area is 234 Å². The fourth-order valence-corrected chi connectivity index (χ4v) is 5.25. The number of nitrogens with zero attached hydrogens (tertiary/aromatic N) is 2. The summed E-state index contributed by atoms with van der Waals surface area (Å²) in [5.41, 5.74) is 2.56. The lowest BCUT2D eigenvalue weighted by Crippen LogP contribution is -2.36. The summed E-state index contributed by atoms with van der Waals surface area (Å²) < 4.78 is 0. The molecule has 40 heavy (non-hydrogen) atoms. The number of rotatable bonds is 6. The van der Waals surface area contributed by atoms with Crippen LogP contribution in [0, 0.1) is 0 Å². The van der Waals surface area contributed by atoms with E-state index in [9.17, 15) is 19.2 Å². The van der Waals surface area contributed by atoms with Crippen LogP contribution in [0.3, 0.4) is 0 Å². The Bertz CT molecular complexity index is 1280. The minimum Gasteiger partial charge on any atom is -0.339 e. The third kappa shape index (κ3) is 6.22. The number of piperidine rings is 2. The van der Waals surface area contributed by atoms with Crippen LogP contribution in [-0.2, 0) is 0 Å². The predicted molar refractivity (Wildman–Crippen MR) is 155 cm³/mol. The lowest BCUT2D eigenvalue weighted by atomic mass is 10.1. The zero-order valence-corrected chi connectivity index (χ0v) is 22.5. The first kappa shape index (κ1) is 27.1. The molecule has 0 bridgehead atoms. The molecule has 0 spiro atoms. The minimum atomic E-state index is -0.372. The molecule has 5 rings (SSSR count). The maximum Gasteiger partial charge on any atom is 0.255 e. The average Bonchev–Trinajstić information content (AvgIpc) is 3.02. The van der Waals surface area contributed by atoms with E-state index in [1.807, 2.05) is 9.80 Å².